The Bertz CT molecular complexity index is 283. The monoisotopic (exact) mass is 301 g/mol. The fraction of sp³-hybridized carbons (Fsp3) is 0.909. The quantitative estimate of drug-likeness (QED) is 0.688. The second kappa shape index (κ2) is 5.41. The first-order chi connectivity index (χ1) is 7.59. The van der Waals surface area contributed by atoms with E-state index in [0.717, 1.165) is 6.42 Å². The van der Waals surface area contributed by atoms with Gasteiger partial charge in [0, 0.05) is 13.1 Å². The Hall–Kier alpha value is 0.140. The number of likely N-dealkylation sites (tertiary alicyclic amines) is 1. The van der Waals surface area contributed by atoms with Crippen LogP contribution in [0.5, 0.6) is 0 Å². The van der Waals surface area contributed by atoms with Gasteiger partial charge in [0.25, 0.3) is 0 Å². The van der Waals surface area contributed by atoms with Crippen molar-refractivity contribution in [2.24, 2.45) is 11.3 Å². The number of carbonyl (C=O) groups excluding carboxylic acids is 1. The maximum atomic E-state index is 11.7. The van der Waals surface area contributed by atoms with E-state index < -0.39 is 9.89 Å². The molecule has 0 aromatic rings. The Balaban J connectivity index is 2.41. The molecule has 1 aliphatic heterocycles. The van der Waals surface area contributed by atoms with Gasteiger partial charge in [0.1, 0.15) is 6.61 Å². The lowest BCUT2D eigenvalue weighted by Crippen LogP contribution is -2.33. The maximum Gasteiger partial charge on any atom is 0.409 e. The molecule has 3 nitrogen and oxygen atoms in total. The fourth-order valence-corrected chi connectivity index (χ4v) is 2.03. The van der Waals surface area contributed by atoms with Crippen LogP contribution in [-0.2, 0) is 4.74 Å². The highest BCUT2D eigenvalue weighted by Crippen LogP contribution is 2.34. The van der Waals surface area contributed by atoms with Gasteiger partial charge in [0.2, 0.25) is 3.79 Å². The van der Waals surface area contributed by atoms with Crippen LogP contribution in [0.1, 0.15) is 27.2 Å². The maximum absolute atomic E-state index is 11.7. The molecule has 1 atom stereocenters. The van der Waals surface area contributed by atoms with Crippen molar-refractivity contribution in [3.05, 3.63) is 0 Å². The minimum Gasteiger partial charge on any atom is -0.445 e. The lowest BCUT2D eigenvalue weighted by molar-refractivity contribution is 0.108. The molecule has 17 heavy (non-hydrogen) atoms. The molecular weight excluding hydrogens is 284 g/mol. The molecule has 0 aromatic carbocycles. The van der Waals surface area contributed by atoms with E-state index in [9.17, 15) is 4.79 Å². The second-order valence-corrected chi connectivity index (χ2v) is 7.98. The zero-order valence-electron chi connectivity index (χ0n) is 10.3. The molecule has 0 N–H and O–H groups in total. The lowest BCUT2D eigenvalue weighted by atomic mass is 9.80. The van der Waals surface area contributed by atoms with Crippen LogP contribution in [0.25, 0.3) is 0 Å². The summed E-state index contributed by atoms with van der Waals surface area (Å²) in [6, 6.07) is 0. The third-order valence-electron chi connectivity index (χ3n) is 3.03. The van der Waals surface area contributed by atoms with Crippen LogP contribution in [0.15, 0.2) is 0 Å². The molecule has 0 bridgehead atoms. The van der Waals surface area contributed by atoms with Crippen LogP contribution >= 0.6 is 34.8 Å². The Labute approximate surface area is 117 Å². The van der Waals surface area contributed by atoms with Crippen LogP contribution in [0, 0.1) is 11.3 Å². The number of ether oxygens (including phenoxy) is 1. The van der Waals surface area contributed by atoms with E-state index in [2.05, 4.69) is 20.8 Å². The zero-order valence-corrected chi connectivity index (χ0v) is 12.6. The van der Waals surface area contributed by atoms with Crippen molar-refractivity contribution >= 4 is 40.9 Å². The van der Waals surface area contributed by atoms with E-state index in [1.54, 1.807) is 4.90 Å². The smallest absolute Gasteiger partial charge is 0.409 e. The number of alkyl halides is 3. The van der Waals surface area contributed by atoms with Crippen LogP contribution in [0.2, 0.25) is 0 Å². The summed E-state index contributed by atoms with van der Waals surface area (Å²) in [6.07, 6.45) is 0.592. The third kappa shape index (κ3) is 5.11. The van der Waals surface area contributed by atoms with E-state index in [1.165, 1.54) is 0 Å². The van der Waals surface area contributed by atoms with Crippen molar-refractivity contribution in [1.29, 1.82) is 0 Å². The molecular formula is C11H18Cl3NO2. The van der Waals surface area contributed by atoms with Gasteiger partial charge in [-0.2, -0.15) is 0 Å². The Morgan fingerprint density at radius 2 is 1.94 bits per heavy atom. The van der Waals surface area contributed by atoms with Gasteiger partial charge in [-0.25, -0.2) is 4.79 Å². The summed E-state index contributed by atoms with van der Waals surface area (Å²) in [4.78, 5) is 13.4. The van der Waals surface area contributed by atoms with Crippen molar-refractivity contribution in [3.8, 4) is 0 Å². The summed E-state index contributed by atoms with van der Waals surface area (Å²) in [7, 11) is 0. The molecule has 0 aliphatic carbocycles. The molecule has 0 saturated carbocycles. The largest absolute Gasteiger partial charge is 0.445 e. The average Bonchev–Trinajstić information content (AvgIpc) is 2.60. The predicted molar refractivity (Wildman–Crippen MR) is 70.8 cm³/mol. The van der Waals surface area contributed by atoms with E-state index in [4.69, 9.17) is 39.5 Å². The summed E-state index contributed by atoms with van der Waals surface area (Å²) < 4.78 is 3.40. The Morgan fingerprint density at radius 1 is 1.35 bits per heavy atom. The van der Waals surface area contributed by atoms with Gasteiger partial charge in [0.15, 0.2) is 0 Å². The number of amides is 1. The van der Waals surface area contributed by atoms with Crippen molar-refractivity contribution in [2.75, 3.05) is 19.7 Å². The molecule has 1 aliphatic rings. The number of carbonyl (C=O) groups is 1. The van der Waals surface area contributed by atoms with Crippen LogP contribution in [0.3, 0.4) is 0 Å². The average molecular weight is 303 g/mol. The van der Waals surface area contributed by atoms with Gasteiger partial charge in [-0.1, -0.05) is 55.6 Å². The minimum absolute atomic E-state index is 0.199. The van der Waals surface area contributed by atoms with Gasteiger partial charge in [-0.15, -0.1) is 0 Å². The van der Waals surface area contributed by atoms with Crippen LogP contribution < -0.4 is 0 Å². The molecule has 1 amide bonds. The number of hydrogen-bond acceptors (Lipinski definition) is 2. The molecule has 100 valence electrons. The first-order valence-corrected chi connectivity index (χ1v) is 6.71. The summed E-state index contributed by atoms with van der Waals surface area (Å²) >= 11 is 16.6. The molecule has 1 saturated heterocycles. The van der Waals surface area contributed by atoms with E-state index in [1.807, 2.05) is 0 Å². The molecule has 1 rings (SSSR count). The molecule has 6 heteroatoms. The lowest BCUT2D eigenvalue weighted by Gasteiger charge is -2.26. The van der Waals surface area contributed by atoms with Gasteiger partial charge in [-0.3, -0.25) is 0 Å². The first-order valence-electron chi connectivity index (χ1n) is 5.58. The molecule has 0 aromatic heterocycles. The van der Waals surface area contributed by atoms with E-state index in [-0.39, 0.29) is 12.0 Å². The molecule has 1 heterocycles. The van der Waals surface area contributed by atoms with Gasteiger partial charge < -0.3 is 9.64 Å². The highest BCUT2D eigenvalue weighted by Gasteiger charge is 2.35. The fourth-order valence-electron chi connectivity index (χ4n) is 1.87. The Morgan fingerprint density at radius 3 is 2.35 bits per heavy atom. The first kappa shape index (κ1) is 15.2. The molecule has 0 spiro atoms. The van der Waals surface area contributed by atoms with Crippen molar-refractivity contribution in [1.82, 2.24) is 4.90 Å². The standard InChI is InChI=1S/C11H18Cl3NO2/c1-10(2,3)8-4-5-15(6-8)9(16)17-7-11(12,13)14/h8H,4-7H2,1-3H3/t8-/m0/s1. The summed E-state index contributed by atoms with van der Waals surface area (Å²) in [5, 5.41) is 0. The SMILES string of the molecule is CC(C)(C)[C@H]1CCN(C(=O)OCC(Cl)(Cl)Cl)C1. The molecule has 1 fully saturated rings. The zero-order chi connectivity index (χ0) is 13.3. The molecule has 0 radical (unpaired) electrons. The van der Waals surface area contributed by atoms with Crippen LogP contribution in [0.4, 0.5) is 4.79 Å². The Kier molecular flexibility index (Phi) is 4.84. The summed E-state index contributed by atoms with van der Waals surface area (Å²) in [5.74, 6) is 0.489. The summed E-state index contributed by atoms with van der Waals surface area (Å²) in [6.45, 7) is 7.73. The van der Waals surface area contributed by atoms with Crippen molar-refractivity contribution in [3.63, 3.8) is 0 Å². The van der Waals surface area contributed by atoms with Gasteiger partial charge in [0.05, 0.1) is 0 Å². The predicted octanol–water partition coefficient (Wildman–Crippen LogP) is 3.86. The highest BCUT2D eigenvalue weighted by atomic mass is 35.6. The normalized spacial score (nSPS) is 21.8. The summed E-state index contributed by atoms with van der Waals surface area (Å²) in [5.41, 5.74) is 0.199. The topological polar surface area (TPSA) is 29.5 Å². The highest BCUT2D eigenvalue weighted by molar-refractivity contribution is 6.67. The number of hydrogen-bond donors (Lipinski definition) is 0. The van der Waals surface area contributed by atoms with E-state index in [0.29, 0.717) is 19.0 Å². The van der Waals surface area contributed by atoms with Gasteiger partial charge in [-0.05, 0) is 17.8 Å². The number of halogens is 3. The van der Waals surface area contributed by atoms with Crippen molar-refractivity contribution in [2.45, 2.75) is 31.0 Å². The second-order valence-electron chi connectivity index (χ2n) is 5.47. The van der Waals surface area contributed by atoms with Crippen molar-refractivity contribution < 1.29 is 9.53 Å². The minimum atomic E-state index is -1.54. The third-order valence-corrected chi connectivity index (χ3v) is 3.36. The van der Waals surface area contributed by atoms with E-state index >= 15 is 0 Å². The van der Waals surface area contributed by atoms with Crippen LogP contribution in [-0.4, -0.2) is 34.5 Å². The number of rotatable bonds is 1. The number of nitrogens with zero attached hydrogens (tertiary/aromatic N) is 1. The molecule has 0 unspecified atom stereocenters. The van der Waals surface area contributed by atoms with Gasteiger partial charge >= 0.3 is 6.09 Å².